The van der Waals surface area contributed by atoms with E-state index < -0.39 is 0 Å². The van der Waals surface area contributed by atoms with Crippen LogP contribution in [-0.2, 0) is 0 Å². The van der Waals surface area contributed by atoms with Crippen LogP contribution < -0.4 is 0 Å². The van der Waals surface area contributed by atoms with E-state index in [1.54, 1.807) is 0 Å². The monoisotopic (exact) mass is 141 g/mol. The van der Waals surface area contributed by atoms with E-state index in [2.05, 4.69) is 23.8 Å². The van der Waals surface area contributed by atoms with Gasteiger partial charge in [0, 0.05) is 31.1 Å². The second-order valence-corrected chi connectivity index (χ2v) is 2.95. The van der Waals surface area contributed by atoms with E-state index in [9.17, 15) is 0 Å². The zero-order valence-corrected chi connectivity index (χ0v) is 6.23. The maximum atomic E-state index is 3.67. The first kappa shape index (κ1) is 7.16. The molecular weight excluding hydrogens is 130 g/mol. The van der Waals surface area contributed by atoms with Crippen LogP contribution in [0.4, 0.5) is 0 Å². The van der Waals surface area contributed by atoms with E-state index >= 15 is 0 Å². The Bertz CT molecular complexity index is 86.9. The Morgan fingerprint density at radius 2 is 2.67 bits per heavy atom. The number of hydrogen-bond donors (Lipinski definition) is 0. The molecule has 0 unspecified atom stereocenters. The SMILES string of the molecule is C=CCN1[CH][CH]SCC1. The van der Waals surface area contributed by atoms with Gasteiger partial charge in [-0.05, 0) is 0 Å². The van der Waals surface area contributed by atoms with Crippen molar-refractivity contribution in [2.75, 3.05) is 18.8 Å². The van der Waals surface area contributed by atoms with Crippen molar-refractivity contribution in [2.24, 2.45) is 0 Å². The molecule has 0 aliphatic carbocycles. The van der Waals surface area contributed by atoms with E-state index in [0.717, 1.165) is 13.1 Å². The molecule has 50 valence electrons. The van der Waals surface area contributed by atoms with E-state index in [1.807, 2.05) is 17.8 Å². The predicted molar refractivity (Wildman–Crippen MR) is 42.8 cm³/mol. The summed E-state index contributed by atoms with van der Waals surface area (Å²) in [5, 5.41) is 0. The van der Waals surface area contributed by atoms with Crippen LogP contribution in [0.2, 0.25) is 0 Å². The summed E-state index contributed by atoms with van der Waals surface area (Å²) in [7, 11) is 0. The fraction of sp³-hybridized carbons (Fsp3) is 0.429. The topological polar surface area (TPSA) is 3.24 Å². The van der Waals surface area contributed by atoms with Crippen molar-refractivity contribution in [3.05, 3.63) is 25.0 Å². The number of thioether (sulfide) groups is 1. The molecule has 0 aromatic rings. The number of hydrogen-bond acceptors (Lipinski definition) is 2. The van der Waals surface area contributed by atoms with Gasteiger partial charge in [0.15, 0.2) is 0 Å². The molecule has 0 aromatic heterocycles. The Balaban J connectivity index is 2.15. The van der Waals surface area contributed by atoms with Crippen LogP contribution in [0.5, 0.6) is 0 Å². The molecule has 0 N–H and O–H groups in total. The fourth-order valence-electron chi connectivity index (χ4n) is 0.760. The first-order valence-corrected chi connectivity index (χ1v) is 4.11. The van der Waals surface area contributed by atoms with Crippen molar-refractivity contribution in [1.29, 1.82) is 0 Å². The molecule has 0 atom stereocenters. The molecule has 2 heteroatoms. The highest BCUT2D eigenvalue weighted by molar-refractivity contribution is 8.01. The summed E-state index contributed by atoms with van der Waals surface area (Å²) < 4.78 is 0. The van der Waals surface area contributed by atoms with E-state index in [-0.39, 0.29) is 0 Å². The van der Waals surface area contributed by atoms with Crippen molar-refractivity contribution in [2.45, 2.75) is 0 Å². The molecular formula is C7H11NS. The lowest BCUT2D eigenvalue weighted by Gasteiger charge is -2.23. The molecule has 0 aromatic carbocycles. The molecule has 0 amide bonds. The third kappa shape index (κ3) is 2.41. The van der Waals surface area contributed by atoms with E-state index in [4.69, 9.17) is 0 Å². The van der Waals surface area contributed by atoms with Gasteiger partial charge in [0.25, 0.3) is 0 Å². The Morgan fingerprint density at radius 3 is 3.22 bits per heavy atom. The normalized spacial score (nSPS) is 21.8. The van der Waals surface area contributed by atoms with E-state index in [0.29, 0.717) is 0 Å². The Morgan fingerprint density at radius 1 is 1.78 bits per heavy atom. The molecule has 0 bridgehead atoms. The minimum atomic E-state index is 0.983. The quantitative estimate of drug-likeness (QED) is 0.537. The number of nitrogens with zero attached hydrogens (tertiary/aromatic N) is 1. The van der Waals surface area contributed by atoms with Crippen molar-refractivity contribution in [1.82, 2.24) is 4.90 Å². The Labute approximate surface area is 61.1 Å². The summed E-state index contributed by atoms with van der Waals surface area (Å²) >= 11 is 1.87. The summed E-state index contributed by atoms with van der Waals surface area (Å²) in [6.45, 7) is 7.94. The summed E-state index contributed by atoms with van der Waals surface area (Å²) in [4.78, 5) is 2.25. The highest BCUT2D eigenvalue weighted by Gasteiger charge is 2.07. The maximum Gasteiger partial charge on any atom is 0.0396 e. The van der Waals surface area contributed by atoms with Gasteiger partial charge in [0.1, 0.15) is 0 Å². The van der Waals surface area contributed by atoms with Crippen molar-refractivity contribution in [3.8, 4) is 0 Å². The zero-order chi connectivity index (χ0) is 6.53. The molecule has 1 heterocycles. The number of rotatable bonds is 2. The van der Waals surface area contributed by atoms with Gasteiger partial charge >= 0.3 is 0 Å². The van der Waals surface area contributed by atoms with Gasteiger partial charge in [0.05, 0.1) is 0 Å². The summed E-state index contributed by atoms with van der Waals surface area (Å²) in [5.41, 5.74) is 0. The highest BCUT2D eigenvalue weighted by atomic mass is 32.2. The third-order valence-corrected chi connectivity index (χ3v) is 1.96. The van der Waals surface area contributed by atoms with Crippen LogP contribution in [0.1, 0.15) is 0 Å². The van der Waals surface area contributed by atoms with Crippen LogP contribution >= 0.6 is 11.8 Å². The van der Waals surface area contributed by atoms with Gasteiger partial charge in [-0.15, -0.1) is 6.58 Å². The molecule has 1 rings (SSSR count). The largest absolute Gasteiger partial charge is 0.293 e. The Kier molecular flexibility index (Phi) is 3.15. The van der Waals surface area contributed by atoms with Crippen LogP contribution in [0.3, 0.4) is 0 Å². The maximum absolute atomic E-state index is 3.67. The molecule has 1 aliphatic heterocycles. The highest BCUT2D eigenvalue weighted by Crippen LogP contribution is 2.16. The van der Waals surface area contributed by atoms with Crippen LogP contribution in [-0.4, -0.2) is 23.7 Å². The van der Waals surface area contributed by atoms with Crippen molar-refractivity contribution in [3.63, 3.8) is 0 Å². The van der Waals surface area contributed by atoms with Crippen molar-refractivity contribution < 1.29 is 0 Å². The van der Waals surface area contributed by atoms with Gasteiger partial charge in [0.2, 0.25) is 0 Å². The van der Waals surface area contributed by atoms with Crippen LogP contribution in [0.15, 0.2) is 12.7 Å². The summed E-state index contributed by atoms with van der Waals surface area (Å²) in [6, 6.07) is 0. The lowest BCUT2D eigenvalue weighted by molar-refractivity contribution is 0.402. The van der Waals surface area contributed by atoms with Gasteiger partial charge in [-0.1, -0.05) is 6.08 Å². The molecule has 1 aliphatic rings. The standard InChI is InChI=1S/C7H11NS/c1-2-3-8-4-6-9-7-5-8/h2,4,6H,1,3,5,7H2. The van der Waals surface area contributed by atoms with Crippen LogP contribution in [0, 0.1) is 12.3 Å². The average Bonchev–Trinajstić information content (AvgIpc) is 1.91. The second kappa shape index (κ2) is 3.96. The molecule has 1 fully saturated rings. The average molecular weight is 141 g/mol. The lowest BCUT2D eigenvalue weighted by atomic mass is 10.4. The predicted octanol–water partition coefficient (Wildman–Crippen LogP) is 1.54. The molecule has 1 saturated heterocycles. The zero-order valence-electron chi connectivity index (χ0n) is 5.42. The van der Waals surface area contributed by atoms with Crippen LogP contribution in [0.25, 0.3) is 0 Å². The molecule has 2 radical (unpaired) electrons. The second-order valence-electron chi connectivity index (χ2n) is 1.94. The molecule has 1 nitrogen and oxygen atoms in total. The summed E-state index contributed by atoms with van der Waals surface area (Å²) in [5.74, 6) is 3.34. The Hall–Kier alpha value is 0.0500. The van der Waals surface area contributed by atoms with E-state index in [1.165, 1.54) is 5.75 Å². The molecule has 0 saturated carbocycles. The smallest absolute Gasteiger partial charge is 0.0396 e. The molecule has 9 heavy (non-hydrogen) atoms. The summed E-state index contributed by atoms with van der Waals surface area (Å²) in [6.07, 6.45) is 1.93. The fourth-order valence-corrected chi connectivity index (χ4v) is 1.49. The van der Waals surface area contributed by atoms with Gasteiger partial charge in [-0.2, -0.15) is 11.8 Å². The minimum absolute atomic E-state index is 0.983. The third-order valence-electron chi connectivity index (χ3n) is 1.23. The van der Waals surface area contributed by atoms with Gasteiger partial charge in [-0.3, -0.25) is 4.90 Å². The van der Waals surface area contributed by atoms with Gasteiger partial charge in [-0.25, -0.2) is 0 Å². The first-order chi connectivity index (χ1) is 4.43. The first-order valence-electron chi connectivity index (χ1n) is 3.06. The molecule has 0 spiro atoms. The lowest BCUT2D eigenvalue weighted by Crippen LogP contribution is -2.26. The van der Waals surface area contributed by atoms with Gasteiger partial charge < -0.3 is 0 Å². The minimum Gasteiger partial charge on any atom is -0.293 e. The van der Waals surface area contributed by atoms with Crippen molar-refractivity contribution >= 4 is 11.8 Å².